The topological polar surface area (TPSA) is 53.1 Å². The third-order valence-corrected chi connectivity index (χ3v) is 3.32. The molecule has 16 heavy (non-hydrogen) atoms. The van der Waals surface area contributed by atoms with Crippen LogP contribution >= 0.6 is 15.9 Å². The Labute approximate surface area is 102 Å². The van der Waals surface area contributed by atoms with E-state index in [1.54, 1.807) is 11.8 Å². The van der Waals surface area contributed by atoms with E-state index < -0.39 is 0 Å². The van der Waals surface area contributed by atoms with Crippen LogP contribution in [0.1, 0.15) is 5.69 Å². The Hall–Kier alpha value is -1.49. The molecule has 2 N–H and O–H groups in total. The fourth-order valence-corrected chi connectivity index (χ4v) is 1.69. The SMILES string of the molecule is COc1ccc(-n2nc(C)c(Br)c2N)cc1. The fraction of sp³-hybridized carbons (Fsp3) is 0.182. The Balaban J connectivity index is 2.46. The van der Waals surface area contributed by atoms with Crippen molar-refractivity contribution in [2.24, 2.45) is 0 Å². The molecule has 0 atom stereocenters. The van der Waals surface area contributed by atoms with E-state index in [9.17, 15) is 0 Å². The zero-order chi connectivity index (χ0) is 11.7. The Morgan fingerprint density at radius 1 is 1.31 bits per heavy atom. The highest BCUT2D eigenvalue weighted by Gasteiger charge is 2.10. The number of ether oxygens (including phenoxy) is 1. The van der Waals surface area contributed by atoms with Gasteiger partial charge in [-0.15, -0.1) is 0 Å². The van der Waals surface area contributed by atoms with Crippen LogP contribution in [0.4, 0.5) is 5.82 Å². The van der Waals surface area contributed by atoms with Crippen molar-refractivity contribution in [3.05, 3.63) is 34.4 Å². The zero-order valence-corrected chi connectivity index (χ0v) is 10.7. The summed E-state index contributed by atoms with van der Waals surface area (Å²) in [4.78, 5) is 0. The summed E-state index contributed by atoms with van der Waals surface area (Å²) in [6.07, 6.45) is 0. The molecule has 0 amide bonds. The van der Waals surface area contributed by atoms with Gasteiger partial charge in [-0.05, 0) is 47.1 Å². The number of hydrogen-bond acceptors (Lipinski definition) is 3. The second-order valence-corrected chi connectivity index (χ2v) is 4.19. The molecule has 0 spiro atoms. The van der Waals surface area contributed by atoms with Crippen molar-refractivity contribution in [2.45, 2.75) is 6.92 Å². The van der Waals surface area contributed by atoms with Gasteiger partial charge in [-0.25, -0.2) is 4.68 Å². The number of nitrogen functional groups attached to an aromatic ring is 1. The van der Waals surface area contributed by atoms with E-state index in [1.807, 2.05) is 31.2 Å². The molecule has 0 radical (unpaired) electrons. The maximum atomic E-state index is 5.93. The Morgan fingerprint density at radius 2 is 1.94 bits per heavy atom. The van der Waals surface area contributed by atoms with Gasteiger partial charge in [0.05, 0.1) is 23.0 Å². The molecule has 1 heterocycles. The minimum Gasteiger partial charge on any atom is -0.497 e. The van der Waals surface area contributed by atoms with Gasteiger partial charge in [-0.2, -0.15) is 5.10 Å². The zero-order valence-electron chi connectivity index (χ0n) is 9.07. The minimum absolute atomic E-state index is 0.600. The highest BCUT2D eigenvalue weighted by molar-refractivity contribution is 9.10. The summed E-state index contributed by atoms with van der Waals surface area (Å²) in [7, 11) is 1.64. The van der Waals surface area contributed by atoms with E-state index in [2.05, 4.69) is 21.0 Å². The van der Waals surface area contributed by atoms with Crippen molar-refractivity contribution >= 4 is 21.7 Å². The fourth-order valence-electron chi connectivity index (χ4n) is 1.45. The van der Waals surface area contributed by atoms with Crippen LogP contribution in [-0.2, 0) is 0 Å². The molecular formula is C11H12BrN3O. The number of nitrogens with two attached hydrogens (primary N) is 1. The lowest BCUT2D eigenvalue weighted by Crippen LogP contribution is -2.01. The van der Waals surface area contributed by atoms with Gasteiger partial charge in [0.15, 0.2) is 0 Å². The molecule has 0 fully saturated rings. The van der Waals surface area contributed by atoms with Gasteiger partial charge >= 0.3 is 0 Å². The van der Waals surface area contributed by atoms with E-state index >= 15 is 0 Å². The lowest BCUT2D eigenvalue weighted by molar-refractivity contribution is 0.414. The Bertz CT molecular complexity index is 505. The third-order valence-electron chi connectivity index (χ3n) is 2.34. The molecule has 0 saturated carbocycles. The first-order chi connectivity index (χ1) is 7.63. The van der Waals surface area contributed by atoms with Crippen molar-refractivity contribution in [3.63, 3.8) is 0 Å². The molecule has 0 aliphatic carbocycles. The van der Waals surface area contributed by atoms with Crippen LogP contribution in [0.15, 0.2) is 28.7 Å². The summed E-state index contributed by atoms with van der Waals surface area (Å²) >= 11 is 3.39. The van der Waals surface area contributed by atoms with Crippen molar-refractivity contribution in [3.8, 4) is 11.4 Å². The van der Waals surface area contributed by atoms with Gasteiger partial charge in [-0.3, -0.25) is 0 Å². The van der Waals surface area contributed by atoms with Crippen LogP contribution in [0, 0.1) is 6.92 Å². The van der Waals surface area contributed by atoms with E-state index in [0.29, 0.717) is 5.82 Å². The van der Waals surface area contributed by atoms with E-state index in [0.717, 1.165) is 21.6 Å². The average Bonchev–Trinajstić information content (AvgIpc) is 2.57. The first kappa shape index (κ1) is 11.0. The first-order valence-electron chi connectivity index (χ1n) is 4.78. The van der Waals surface area contributed by atoms with Crippen molar-refractivity contribution in [1.82, 2.24) is 9.78 Å². The molecule has 0 aliphatic rings. The van der Waals surface area contributed by atoms with Crippen molar-refractivity contribution in [2.75, 3.05) is 12.8 Å². The van der Waals surface area contributed by atoms with Crippen molar-refractivity contribution in [1.29, 1.82) is 0 Å². The Morgan fingerprint density at radius 3 is 2.38 bits per heavy atom. The van der Waals surface area contributed by atoms with E-state index in [-0.39, 0.29) is 0 Å². The maximum Gasteiger partial charge on any atom is 0.141 e. The lowest BCUT2D eigenvalue weighted by atomic mass is 10.3. The highest BCUT2D eigenvalue weighted by Crippen LogP contribution is 2.26. The number of rotatable bonds is 2. The molecule has 1 aromatic heterocycles. The molecule has 1 aromatic carbocycles. The molecule has 0 saturated heterocycles. The molecule has 2 aromatic rings. The Kier molecular flexibility index (Phi) is 2.87. The summed E-state index contributed by atoms with van der Waals surface area (Å²) in [5, 5.41) is 4.34. The molecular weight excluding hydrogens is 270 g/mol. The highest BCUT2D eigenvalue weighted by atomic mass is 79.9. The number of aromatic nitrogens is 2. The molecule has 2 rings (SSSR count). The minimum atomic E-state index is 0.600. The van der Waals surface area contributed by atoms with Crippen LogP contribution in [-0.4, -0.2) is 16.9 Å². The van der Waals surface area contributed by atoms with Crippen LogP contribution in [0.3, 0.4) is 0 Å². The van der Waals surface area contributed by atoms with E-state index in [1.165, 1.54) is 0 Å². The van der Waals surface area contributed by atoms with Gasteiger partial charge in [0.2, 0.25) is 0 Å². The quantitative estimate of drug-likeness (QED) is 0.920. The van der Waals surface area contributed by atoms with Crippen LogP contribution in [0.5, 0.6) is 5.75 Å². The standard InChI is InChI=1S/C11H12BrN3O/c1-7-10(12)11(13)15(14-7)8-3-5-9(16-2)6-4-8/h3-6H,13H2,1-2H3. The molecule has 0 unspecified atom stereocenters. The molecule has 5 heteroatoms. The molecule has 84 valence electrons. The van der Waals surface area contributed by atoms with Crippen LogP contribution in [0.2, 0.25) is 0 Å². The van der Waals surface area contributed by atoms with Gasteiger partial charge in [0.25, 0.3) is 0 Å². The number of halogens is 1. The van der Waals surface area contributed by atoms with Gasteiger partial charge < -0.3 is 10.5 Å². The number of aryl methyl sites for hydroxylation is 1. The van der Waals surface area contributed by atoms with Crippen LogP contribution in [0.25, 0.3) is 5.69 Å². The number of nitrogens with zero attached hydrogens (tertiary/aromatic N) is 2. The number of benzene rings is 1. The predicted octanol–water partition coefficient (Wildman–Crippen LogP) is 2.53. The second-order valence-electron chi connectivity index (χ2n) is 3.39. The first-order valence-corrected chi connectivity index (χ1v) is 5.58. The van der Waals surface area contributed by atoms with Gasteiger partial charge in [0, 0.05) is 0 Å². The monoisotopic (exact) mass is 281 g/mol. The summed E-state index contributed by atoms with van der Waals surface area (Å²) in [5.41, 5.74) is 7.71. The predicted molar refractivity (Wildman–Crippen MR) is 67.0 cm³/mol. The van der Waals surface area contributed by atoms with E-state index in [4.69, 9.17) is 10.5 Å². The molecule has 4 nitrogen and oxygen atoms in total. The smallest absolute Gasteiger partial charge is 0.141 e. The number of methoxy groups -OCH3 is 1. The summed E-state index contributed by atoms with van der Waals surface area (Å²) in [6.45, 7) is 1.90. The normalized spacial score (nSPS) is 10.4. The number of anilines is 1. The number of hydrogen-bond donors (Lipinski definition) is 1. The lowest BCUT2D eigenvalue weighted by Gasteiger charge is -2.05. The van der Waals surface area contributed by atoms with Crippen molar-refractivity contribution < 1.29 is 4.74 Å². The average molecular weight is 282 g/mol. The largest absolute Gasteiger partial charge is 0.497 e. The second kappa shape index (κ2) is 4.17. The third kappa shape index (κ3) is 1.78. The maximum absolute atomic E-state index is 5.93. The summed E-state index contributed by atoms with van der Waals surface area (Å²) < 4.78 is 7.62. The summed E-state index contributed by atoms with van der Waals surface area (Å²) in [5.74, 6) is 1.41. The van der Waals surface area contributed by atoms with Gasteiger partial charge in [0.1, 0.15) is 11.6 Å². The summed E-state index contributed by atoms with van der Waals surface area (Å²) in [6, 6.07) is 7.57. The molecule has 0 bridgehead atoms. The van der Waals surface area contributed by atoms with Crippen LogP contribution < -0.4 is 10.5 Å². The molecule has 0 aliphatic heterocycles. The van der Waals surface area contributed by atoms with Gasteiger partial charge in [-0.1, -0.05) is 0 Å².